The van der Waals surface area contributed by atoms with Gasteiger partial charge in [0.2, 0.25) is 0 Å². The van der Waals surface area contributed by atoms with Crippen molar-refractivity contribution >= 4 is 41.2 Å². The van der Waals surface area contributed by atoms with E-state index in [1.165, 1.54) is 7.11 Å². The summed E-state index contributed by atoms with van der Waals surface area (Å²) in [5.41, 5.74) is 1.68. The van der Waals surface area contributed by atoms with Gasteiger partial charge in [0.25, 0.3) is 0 Å². The third-order valence-electron chi connectivity index (χ3n) is 2.67. The maximum Gasteiger partial charge on any atom is 0.329 e. The van der Waals surface area contributed by atoms with Crippen LogP contribution in [0.5, 0.6) is 0 Å². The van der Waals surface area contributed by atoms with Crippen LogP contribution in [-0.2, 0) is 9.53 Å². The van der Waals surface area contributed by atoms with E-state index in [2.05, 4.69) is 10.6 Å². The van der Waals surface area contributed by atoms with Crippen molar-refractivity contribution in [3.8, 4) is 0 Å². The van der Waals surface area contributed by atoms with Gasteiger partial charge < -0.3 is 15.4 Å². The second-order valence-corrected chi connectivity index (χ2v) is 6.53. The Bertz CT molecular complexity index is 483. The van der Waals surface area contributed by atoms with Crippen LogP contribution in [0, 0.1) is 6.92 Å². The normalized spacial score (nSPS) is 11.6. The first-order valence-corrected chi connectivity index (χ1v) is 8.91. The van der Waals surface area contributed by atoms with Crippen molar-refractivity contribution in [1.82, 2.24) is 5.32 Å². The molecule has 1 rings (SSSR count). The zero-order valence-electron chi connectivity index (χ0n) is 12.3. The fourth-order valence-electron chi connectivity index (χ4n) is 1.59. The number of hydrogen-bond donors (Lipinski definition) is 2. The molecule has 116 valence electrons. The summed E-state index contributed by atoms with van der Waals surface area (Å²) >= 11 is 3.25. The molecule has 1 aromatic rings. The first-order valence-electron chi connectivity index (χ1n) is 6.36. The molecule has 0 saturated heterocycles. The largest absolute Gasteiger partial charge is 0.467 e. The number of hydrogen-bond acceptors (Lipinski definition) is 5. The Kier molecular flexibility index (Phi) is 8.07. The number of nitrogens with one attached hydrogen (secondary N) is 2. The lowest BCUT2D eigenvalue weighted by Crippen LogP contribution is -2.45. The number of para-hydroxylation sites is 1. The summed E-state index contributed by atoms with van der Waals surface area (Å²) < 4.78 is 4.72. The number of carbonyl (C=O) groups is 2. The SMILES string of the molecule is COC(=O)C(CSCSC)NC(=O)Nc1ccccc1C. The summed E-state index contributed by atoms with van der Waals surface area (Å²) in [6.45, 7) is 1.90. The summed E-state index contributed by atoms with van der Waals surface area (Å²) in [6.07, 6.45) is 1.98. The smallest absolute Gasteiger partial charge is 0.329 e. The van der Waals surface area contributed by atoms with Gasteiger partial charge in [-0.2, -0.15) is 11.8 Å². The van der Waals surface area contributed by atoms with Gasteiger partial charge in [0, 0.05) is 16.5 Å². The quantitative estimate of drug-likeness (QED) is 0.458. The van der Waals surface area contributed by atoms with Gasteiger partial charge in [0.15, 0.2) is 0 Å². The number of amides is 2. The Balaban J connectivity index is 2.59. The van der Waals surface area contributed by atoms with Gasteiger partial charge in [-0.15, -0.1) is 11.8 Å². The van der Waals surface area contributed by atoms with Crippen LogP contribution in [0.25, 0.3) is 0 Å². The molecule has 1 atom stereocenters. The lowest BCUT2D eigenvalue weighted by Gasteiger charge is -2.17. The van der Waals surface area contributed by atoms with E-state index in [0.717, 1.165) is 16.3 Å². The van der Waals surface area contributed by atoms with Crippen LogP contribution in [0.3, 0.4) is 0 Å². The Hall–Kier alpha value is -1.34. The molecule has 1 unspecified atom stereocenters. The highest BCUT2D eigenvalue weighted by atomic mass is 32.2. The van der Waals surface area contributed by atoms with Gasteiger partial charge in [-0.1, -0.05) is 18.2 Å². The lowest BCUT2D eigenvalue weighted by molar-refractivity contribution is -0.142. The van der Waals surface area contributed by atoms with Crippen LogP contribution in [0.2, 0.25) is 0 Å². The van der Waals surface area contributed by atoms with Crippen LogP contribution in [0.1, 0.15) is 5.56 Å². The Morgan fingerprint density at radius 1 is 1.33 bits per heavy atom. The fourth-order valence-corrected chi connectivity index (χ4v) is 3.10. The summed E-state index contributed by atoms with van der Waals surface area (Å²) in [6, 6.07) is 6.39. The van der Waals surface area contributed by atoms with Gasteiger partial charge in [-0.3, -0.25) is 0 Å². The van der Waals surface area contributed by atoms with Crippen LogP contribution >= 0.6 is 23.5 Å². The number of thioether (sulfide) groups is 2. The van der Waals surface area contributed by atoms with Crippen molar-refractivity contribution in [2.75, 3.05) is 29.5 Å². The molecule has 0 radical (unpaired) electrons. The number of ether oxygens (including phenoxy) is 1. The molecule has 0 aliphatic heterocycles. The molecular weight excluding hydrogens is 308 g/mol. The van der Waals surface area contributed by atoms with E-state index in [1.807, 2.05) is 37.4 Å². The third-order valence-corrected chi connectivity index (χ3v) is 4.85. The van der Waals surface area contributed by atoms with Crippen LogP contribution in [0.4, 0.5) is 10.5 Å². The van der Waals surface area contributed by atoms with Crippen molar-refractivity contribution in [2.24, 2.45) is 0 Å². The number of carbonyl (C=O) groups excluding carboxylic acids is 2. The minimum Gasteiger partial charge on any atom is -0.467 e. The fraction of sp³-hybridized carbons (Fsp3) is 0.429. The minimum atomic E-state index is -0.656. The number of esters is 1. The van der Waals surface area contributed by atoms with Gasteiger partial charge in [0.05, 0.1) is 7.11 Å². The van der Waals surface area contributed by atoms with Gasteiger partial charge in [0.1, 0.15) is 6.04 Å². The summed E-state index contributed by atoms with van der Waals surface area (Å²) in [5.74, 6) is 0.0397. The first-order chi connectivity index (χ1) is 10.1. The van der Waals surface area contributed by atoms with Crippen LogP contribution in [0.15, 0.2) is 24.3 Å². The molecule has 0 spiro atoms. The van der Waals surface area contributed by atoms with E-state index in [0.29, 0.717) is 5.75 Å². The number of methoxy groups -OCH3 is 1. The highest BCUT2D eigenvalue weighted by Crippen LogP contribution is 2.14. The topological polar surface area (TPSA) is 67.4 Å². The van der Waals surface area contributed by atoms with E-state index in [-0.39, 0.29) is 0 Å². The summed E-state index contributed by atoms with van der Waals surface area (Å²) in [7, 11) is 1.31. The zero-order chi connectivity index (χ0) is 15.7. The Morgan fingerprint density at radius 3 is 2.67 bits per heavy atom. The standard InChI is InChI=1S/C14H20N2O3S2/c1-10-6-4-5-7-11(10)15-14(18)16-12(13(17)19-2)8-21-9-20-3/h4-7,12H,8-9H2,1-3H3,(H2,15,16,18). The molecule has 0 saturated carbocycles. The summed E-state index contributed by atoms with van der Waals surface area (Å²) in [4.78, 5) is 23.7. The first kappa shape index (κ1) is 17.7. The van der Waals surface area contributed by atoms with Crippen molar-refractivity contribution in [3.63, 3.8) is 0 Å². The average Bonchev–Trinajstić information content (AvgIpc) is 2.48. The van der Waals surface area contributed by atoms with E-state index < -0.39 is 18.0 Å². The molecule has 0 aromatic heterocycles. The molecule has 2 amide bonds. The Morgan fingerprint density at radius 2 is 2.05 bits per heavy atom. The average molecular weight is 328 g/mol. The molecule has 0 aliphatic rings. The lowest BCUT2D eigenvalue weighted by atomic mass is 10.2. The Labute approximate surface area is 133 Å². The van der Waals surface area contributed by atoms with Gasteiger partial charge in [-0.25, -0.2) is 9.59 Å². The maximum absolute atomic E-state index is 12.0. The zero-order valence-corrected chi connectivity index (χ0v) is 14.0. The maximum atomic E-state index is 12.0. The van der Waals surface area contributed by atoms with Gasteiger partial charge in [-0.05, 0) is 24.8 Å². The number of anilines is 1. The summed E-state index contributed by atoms with van der Waals surface area (Å²) in [5, 5.41) is 6.24. The molecule has 0 aliphatic carbocycles. The second-order valence-electron chi connectivity index (χ2n) is 4.27. The predicted octanol–water partition coefficient (Wildman–Crippen LogP) is 2.71. The molecule has 0 fully saturated rings. The highest BCUT2D eigenvalue weighted by molar-refractivity contribution is 8.15. The number of aryl methyl sites for hydroxylation is 1. The van der Waals surface area contributed by atoms with Crippen molar-refractivity contribution in [2.45, 2.75) is 13.0 Å². The van der Waals surface area contributed by atoms with Crippen molar-refractivity contribution < 1.29 is 14.3 Å². The van der Waals surface area contributed by atoms with E-state index in [1.54, 1.807) is 23.5 Å². The molecule has 5 nitrogen and oxygen atoms in total. The second kappa shape index (κ2) is 9.57. The molecule has 7 heteroatoms. The third kappa shape index (κ3) is 6.31. The van der Waals surface area contributed by atoms with E-state index in [9.17, 15) is 9.59 Å². The molecule has 0 heterocycles. The number of rotatable bonds is 7. The number of benzene rings is 1. The van der Waals surface area contributed by atoms with Crippen LogP contribution in [-0.4, -0.2) is 42.2 Å². The van der Waals surface area contributed by atoms with Crippen LogP contribution < -0.4 is 10.6 Å². The van der Waals surface area contributed by atoms with Crippen molar-refractivity contribution in [3.05, 3.63) is 29.8 Å². The van der Waals surface area contributed by atoms with Gasteiger partial charge >= 0.3 is 12.0 Å². The van der Waals surface area contributed by atoms with Crippen molar-refractivity contribution in [1.29, 1.82) is 0 Å². The molecular formula is C14H20N2O3S2. The van der Waals surface area contributed by atoms with E-state index in [4.69, 9.17) is 4.74 Å². The van der Waals surface area contributed by atoms with E-state index >= 15 is 0 Å². The highest BCUT2D eigenvalue weighted by Gasteiger charge is 2.21. The minimum absolute atomic E-state index is 0.413. The molecule has 2 N–H and O–H groups in total. The molecule has 1 aromatic carbocycles. The molecule has 0 bridgehead atoms. The number of urea groups is 1. The molecule has 21 heavy (non-hydrogen) atoms. The predicted molar refractivity (Wildman–Crippen MR) is 90.0 cm³/mol. The monoisotopic (exact) mass is 328 g/mol.